The Morgan fingerprint density at radius 2 is 1.80 bits per heavy atom. The number of likely N-dealkylation sites (tertiary alicyclic amines) is 1. The van der Waals surface area contributed by atoms with Crippen LogP contribution in [-0.4, -0.2) is 54.4 Å². The van der Waals surface area contributed by atoms with E-state index in [0.29, 0.717) is 12.8 Å². The van der Waals surface area contributed by atoms with Crippen molar-refractivity contribution in [2.75, 3.05) is 18.1 Å². The molecule has 2 fully saturated rings. The highest BCUT2D eigenvalue weighted by molar-refractivity contribution is 7.91. The Morgan fingerprint density at radius 3 is 2.30 bits per heavy atom. The SMILES string of the molecule is CC(C)(C)OC(=O)N1CC(=O)CC12CCS(=O)(=O)CC2. The first-order chi connectivity index (χ1) is 9.03. The predicted octanol–water partition coefficient (Wildman–Crippen LogP) is 1.14. The number of ether oxygens (including phenoxy) is 1. The first-order valence-electron chi connectivity index (χ1n) is 6.76. The fourth-order valence-corrected chi connectivity index (χ4v) is 4.39. The van der Waals surface area contributed by atoms with Crippen LogP contribution in [0.4, 0.5) is 4.79 Å². The molecule has 0 N–H and O–H groups in total. The van der Waals surface area contributed by atoms with Gasteiger partial charge in [-0.25, -0.2) is 13.2 Å². The monoisotopic (exact) mass is 303 g/mol. The third-order valence-corrected chi connectivity index (χ3v) is 5.46. The van der Waals surface area contributed by atoms with Crippen LogP contribution in [0.1, 0.15) is 40.0 Å². The summed E-state index contributed by atoms with van der Waals surface area (Å²) in [7, 11) is -3.04. The van der Waals surface area contributed by atoms with Crippen molar-refractivity contribution in [3.63, 3.8) is 0 Å². The van der Waals surface area contributed by atoms with E-state index in [9.17, 15) is 18.0 Å². The topological polar surface area (TPSA) is 80.8 Å². The highest BCUT2D eigenvalue weighted by Crippen LogP contribution is 2.38. The molecule has 114 valence electrons. The van der Waals surface area contributed by atoms with E-state index in [2.05, 4.69) is 0 Å². The van der Waals surface area contributed by atoms with E-state index in [1.807, 2.05) is 0 Å². The van der Waals surface area contributed by atoms with Gasteiger partial charge in [-0.1, -0.05) is 0 Å². The fraction of sp³-hybridized carbons (Fsp3) is 0.846. The Bertz CT molecular complexity index is 517. The van der Waals surface area contributed by atoms with E-state index in [0.717, 1.165) is 0 Å². The van der Waals surface area contributed by atoms with E-state index in [4.69, 9.17) is 4.74 Å². The zero-order valence-electron chi connectivity index (χ0n) is 12.1. The van der Waals surface area contributed by atoms with E-state index in [-0.39, 0.29) is 30.3 Å². The molecule has 6 nitrogen and oxygen atoms in total. The lowest BCUT2D eigenvalue weighted by Gasteiger charge is -2.40. The Hall–Kier alpha value is -1.11. The molecule has 0 saturated carbocycles. The highest BCUT2D eigenvalue weighted by atomic mass is 32.2. The second-order valence-electron chi connectivity index (χ2n) is 6.66. The number of Topliss-reactive ketones (excluding diaryl/α,β-unsaturated/α-hetero) is 1. The van der Waals surface area contributed by atoms with E-state index in [1.165, 1.54) is 4.90 Å². The third-order valence-electron chi connectivity index (χ3n) is 3.80. The number of carbonyl (C=O) groups is 2. The summed E-state index contributed by atoms with van der Waals surface area (Å²) in [5, 5.41) is 0. The predicted molar refractivity (Wildman–Crippen MR) is 73.2 cm³/mol. The number of carbonyl (C=O) groups excluding carboxylic acids is 2. The summed E-state index contributed by atoms with van der Waals surface area (Å²) in [4.78, 5) is 25.4. The number of hydrogen-bond donors (Lipinski definition) is 0. The maximum Gasteiger partial charge on any atom is 0.411 e. The average Bonchev–Trinajstić information content (AvgIpc) is 2.59. The molecule has 0 radical (unpaired) electrons. The minimum atomic E-state index is -3.04. The fourth-order valence-electron chi connectivity index (χ4n) is 2.80. The van der Waals surface area contributed by atoms with Crippen molar-refractivity contribution >= 4 is 21.7 Å². The third kappa shape index (κ3) is 3.13. The van der Waals surface area contributed by atoms with Crippen molar-refractivity contribution in [3.8, 4) is 0 Å². The second-order valence-corrected chi connectivity index (χ2v) is 8.96. The van der Waals surface area contributed by atoms with Crippen LogP contribution >= 0.6 is 0 Å². The summed E-state index contributed by atoms with van der Waals surface area (Å²) in [6.45, 7) is 5.32. The molecular weight excluding hydrogens is 282 g/mol. The normalized spacial score (nSPS) is 24.9. The van der Waals surface area contributed by atoms with Crippen molar-refractivity contribution in [2.45, 2.75) is 51.2 Å². The molecule has 0 bridgehead atoms. The maximum absolute atomic E-state index is 12.2. The molecule has 1 amide bonds. The smallest absolute Gasteiger partial charge is 0.411 e. The minimum Gasteiger partial charge on any atom is -0.444 e. The largest absolute Gasteiger partial charge is 0.444 e. The minimum absolute atomic E-state index is 0.0228. The van der Waals surface area contributed by atoms with E-state index < -0.39 is 27.1 Å². The lowest BCUT2D eigenvalue weighted by atomic mass is 9.89. The summed E-state index contributed by atoms with van der Waals surface area (Å²) in [6, 6.07) is 0. The molecule has 7 heteroatoms. The number of hydrogen-bond acceptors (Lipinski definition) is 5. The molecule has 2 heterocycles. The molecule has 0 aromatic carbocycles. The first-order valence-corrected chi connectivity index (χ1v) is 8.58. The number of amides is 1. The van der Waals surface area contributed by atoms with Gasteiger partial charge in [0.25, 0.3) is 0 Å². The van der Waals surface area contributed by atoms with Crippen molar-refractivity contribution in [1.82, 2.24) is 4.90 Å². The van der Waals surface area contributed by atoms with Crippen LogP contribution in [0.15, 0.2) is 0 Å². The molecule has 0 aromatic heterocycles. The molecule has 0 aromatic rings. The summed E-state index contributed by atoms with van der Waals surface area (Å²) < 4.78 is 28.5. The molecule has 0 atom stereocenters. The van der Waals surface area contributed by atoms with Gasteiger partial charge in [-0.3, -0.25) is 9.69 Å². The molecule has 20 heavy (non-hydrogen) atoms. The summed E-state index contributed by atoms with van der Waals surface area (Å²) in [6.07, 6.45) is 0.352. The number of rotatable bonds is 0. The van der Waals surface area contributed by atoms with Gasteiger partial charge in [0.05, 0.1) is 23.6 Å². The van der Waals surface area contributed by atoms with Crippen molar-refractivity contribution < 1.29 is 22.7 Å². The Balaban J connectivity index is 2.19. The van der Waals surface area contributed by atoms with Crippen LogP contribution in [0, 0.1) is 0 Å². The van der Waals surface area contributed by atoms with Crippen LogP contribution in [-0.2, 0) is 19.4 Å². The van der Waals surface area contributed by atoms with Crippen LogP contribution in [0.5, 0.6) is 0 Å². The van der Waals surface area contributed by atoms with Gasteiger partial charge in [0.2, 0.25) is 0 Å². The van der Waals surface area contributed by atoms with Crippen LogP contribution in [0.2, 0.25) is 0 Å². The van der Waals surface area contributed by atoms with Gasteiger partial charge >= 0.3 is 6.09 Å². The Labute approximate surface area is 119 Å². The molecule has 0 unspecified atom stereocenters. The van der Waals surface area contributed by atoms with Gasteiger partial charge in [0, 0.05) is 6.42 Å². The van der Waals surface area contributed by atoms with Gasteiger partial charge < -0.3 is 4.74 Å². The summed E-state index contributed by atoms with van der Waals surface area (Å²) >= 11 is 0. The van der Waals surface area contributed by atoms with Gasteiger partial charge in [-0.2, -0.15) is 0 Å². The van der Waals surface area contributed by atoms with E-state index in [1.54, 1.807) is 20.8 Å². The van der Waals surface area contributed by atoms with Crippen LogP contribution in [0.25, 0.3) is 0 Å². The zero-order chi connectivity index (χ0) is 15.2. The number of ketones is 1. The lowest BCUT2D eigenvalue weighted by molar-refractivity contribution is -0.117. The molecular formula is C13H21NO5S. The Morgan fingerprint density at radius 1 is 1.25 bits per heavy atom. The standard InChI is InChI=1S/C13H21NO5S/c1-12(2,3)19-11(16)14-9-10(15)8-13(14)4-6-20(17,18)7-5-13/h4-9H2,1-3H3. The lowest BCUT2D eigenvalue weighted by Crippen LogP contribution is -2.53. The van der Waals surface area contributed by atoms with Gasteiger partial charge in [-0.05, 0) is 33.6 Å². The molecule has 1 spiro atoms. The molecule has 2 rings (SSSR count). The summed E-state index contributed by atoms with van der Waals surface area (Å²) in [5.74, 6) is 0.0225. The average molecular weight is 303 g/mol. The first kappa shape index (κ1) is 15.3. The number of sulfone groups is 1. The van der Waals surface area contributed by atoms with Crippen LogP contribution < -0.4 is 0 Å². The Kier molecular flexibility index (Phi) is 3.60. The van der Waals surface area contributed by atoms with E-state index >= 15 is 0 Å². The van der Waals surface area contributed by atoms with Gasteiger partial charge in [-0.15, -0.1) is 0 Å². The zero-order valence-corrected chi connectivity index (χ0v) is 13.0. The van der Waals surface area contributed by atoms with Gasteiger partial charge in [0.15, 0.2) is 5.78 Å². The molecule has 2 aliphatic heterocycles. The maximum atomic E-state index is 12.2. The highest BCUT2D eigenvalue weighted by Gasteiger charge is 2.51. The van der Waals surface area contributed by atoms with Crippen molar-refractivity contribution in [1.29, 1.82) is 0 Å². The molecule has 0 aliphatic carbocycles. The molecule has 2 aliphatic rings. The second kappa shape index (κ2) is 4.72. The summed E-state index contributed by atoms with van der Waals surface area (Å²) in [5.41, 5.74) is -1.30. The van der Waals surface area contributed by atoms with Gasteiger partial charge in [0.1, 0.15) is 15.4 Å². The quantitative estimate of drug-likeness (QED) is 0.670. The molecule has 2 saturated heterocycles. The number of nitrogens with zero attached hydrogens (tertiary/aromatic N) is 1. The van der Waals surface area contributed by atoms with Crippen molar-refractivity contribution in [3.05, 3.63) is 0 Å². The van der Waals surface area contributed by atoms with Crippen molar-refractivity contribution in [2.24, 2.45) is 0 Å². The van der Waals surface area contributed by atoms with Crippen LogP contribution in [0.3, 0.4) is 0 Å².